The number of carbonyl (C=O) groups is 3. The van der Waals surface area contributed by atoms with Crippen LogP contribution < -0.4 is 16.0 Å². The molecule has 3 aromatic carbocycles. The SMILES string of the molecule is CC1CCN(CCCN(Cc2ccc(C(=O)Nc3ccccc3NC(=O)OC(C)(C)C)cc2)C(=O)Nc2ccc(F)c([N+](=O)[O-])c2)CC1. The normalized spacial score (nSPS) is 13.8. The molecule has 0 radical (unpaired) electrons. The molecule has 12 nitrogen and oxygen atoms in total. The molecule has 0 atom stereocenters. The molecule has 256 valence electrons. The third-order valence-corrected chi connectivity index (χ3v) is 7.86. The molecule has 3 aromatic rings. The first kappa shape index (κ1) is 35.8. The van der Waals surface area contributed by atoms with Gasteiger partial charge in [-0.15, -0.1) is 0 Å². The number of anilines is 3. The number of ether oxygens (including phenoxy) is 1. The standard InChI is InChI=1S/C35H43FN6O6/c1-24-16-20-40(21-17-24)18-7-19-41(33(44)37-27-14-15-28(36)31(22-27)42(46)47)23-25-10-12-26(13-11-25)32(43)38-29-8-5-6-9-30(29)39-34(45)48-35(2,3)4/h5-6,8-15,22,24H,7,16-21,23H2,1-4H3,(H,37,44)(H,38,43)(H,39,45). The third kappa shape index (κ3) is 10.8. The first-order valence-corrected chi connectivity index (χ1v) is 16.0. The molecule has 3 N–H and O–H groups in total. The van der Waals surface area contributed by atoms with Crippen molar-refractivity contribution < 1.29 is 28.4 Å². The highest BCUT2D eigenvalue weighted by Gasteiger charge is 2.21. The van der Waals surface area contributed by atoms with Crippen LogP contribution in [0.5, 0.6) is 0 Å². The largest absolute Gasteiger partial charge is 0.444 e. The molecule has 0 bridgehead atoms. The van der Waals surface area contributed by atoms with Gasteiger partial charge in [0.2, 0.25) is 5.82 Å². The van der Waals surface area contributed by atoms with Crippen LogP contribution >= 0.6 is 0 Å². The van der Waals surface area contributed by atoms with Crippen molar-refractivity contribution in [3.63, 3.8) is 0 Å². The molecule has 1 saturated heterocycles. The number of carbonyl (C=O) groups excluding carboxylic acids is 3. The molecule has 4 rings (SSSR count). The van der Waals surface area contributed by atoms with Gasteiger partial charge < -0.3 is 25.2 Å². The van der Waals surface area contributed by atoms with E-state index in [1.165, 1.54) is 6.07 Å². The van der Waals surface area contributed by atoms with Gasteiger partial charge in [0.25, 0.3) is 5.91 Å². The van der Waals surface area contributed by atoms with Crippen molar-refractivity contribution in [3.8, 4) is 0 Å². The van der Waals surface area contributed by atoms with Crippen LogP contribution in [0.4, 0.5) is 36.7 Å². The number of para-hydroxylation sites is 2. The van der Waals surface area contributed by atoms with E-state index in [1.54, 1.807) is 74.2 Å². The van der Waals surface area contributed by atoms with Crippen LogP contribution in [0.1, 0.15) is 62.9 Å². The van der Waals surface area contributed by atoms with Gasteiger partial charge in [-0.2, -0.15) is 4.39 Å². The van der Waals surface area contributed by atoms with Crippen LogP contribution in [0.15, 0.2) is 66.7 Å². The second kappa shape index (κ2) is 16.2. The van der Waals surface area contributed by atoms with E-state index >= 15 is 0 Å². The van der Waals surface area contributed by atoms with E-state index in [1.807, 2.05) is 0 Å². The van der Waals surface area contributed by atoms with E-state index in [4.69, 9.17) is 4.74 Å². The van der Waals surface area contributed by atoms with Crippen LogP contribution in [0.2, 0.25) is 0 Å². The predicted molar refractivity (Wildman–Crippen MR) is 183 cm³/mol. The molecule has 0 aliphatic carbocycles. The topological polar surface area (TPSA) is 146 Å². The molecule has 1 aliphatic heterocycles. The minimum absolute atomic E-state index is 0.108. The Balaban J connectivity index is 1.43. The number of nitrogens with zero attached hydrogens (tertiary/aromatic N) is 3. The summed E-state index contributed by atoms with van der Waals surface area (Å²) in [5, 5.41) is 19.4. The van der Waals surface area contributed by atoms with E-state index in [0.717, 1.165) is 50.2 Å². The Morgan fingerprint density at radius 1 is 0.979 bits per heavy atom. The summed E-state index contributed by atoms with van der Waals surface area (Å²) in [5.41, 5.74) is 0.583. The van der Waals surface area contributed by atoms with Gasteiger partial charge in [-0.05, 0) is 108 Å². The van der Waals surface area contributed by atoms with E-state index in [9.17, 15) is 28.9 Å². The number of hydrogen-bond acceptors (Lipinski definition) is 7. The molecule has 0 saturated carbocycles. The fourth-order valence-electron chi connectivity index (χ4n) is 5.25. The zero-order valence-corrected chi connectivity index (χ0v) is 27.8. The number of nitro benzene ring substituents is 1. The fourth-order valence-corrected chi connectivity index (χ4v) is 5.25. The summed E-state index contributed by atoms with van der Waals surface area (Å²) in [6.07, 6.45) is 2.34. The number of nitro groups is 1. The van der Waals surface area contributed by atoms with Gasteiger partial charge in [0, 0.05) is 30.4 Å². The molecular formula is C35H43FN6O6. The lowest BCUT2D eigenvalue weighted by Crippen LogP contribution is -2.38. The number of piperidine rings is 1. The molecule has 48 heavy (non-hydrogen) atoms. The average molecular weight is 663 g/mol. The number of amides is 4. The smallest absolute Gasteiger partial charge is 0.412 e. The first-order valence-electron chi connectivity index (χ1n) is 16.0. The van der Waals surface area contributed by atoms with Crippen LogP contribution in [-0.4, -0.2) is 64.5 Å². The second-order valence-corrected chi connectivity index (χ2v) is 13.0. The number of likely N-dealkylation sites (tertiary alicyclic amines) is 1. The maximum absolute atomic E-state index is 13.9. The Morgan fingerprint density at radius 2 is 1.62 bits per heavy atom. The molecule has 0 aromatic heterocycles. The Kier molecular flexibility index (Phi) is 12.1. The molecule has 13 heteroatoms. The molecule has 0 unspecified atom stereocenters. The monoisotopic (exact) mass is 662 g/mol. The molecule has 1 aliphatic rings. The van der Waals surface area contributed by atoms with Crippen molar-refractivity contribution in [2.24, 2.45) is 5.92 Å². The Morgan fingerprint density at radius 3 is 2.25 bits per heavy atom. The summed E-state index contributed by atoms with van der Waals surface area (Å²) >= 11 is 0. The van der Waals surface area contributed by atoms with Crippen LogP contribution in [0.25, 0.3) is 0 Å². The zero-order valence-electron chi connectivity index (χ0n) is 27.8. The Labute approximate surface area is 279 Å². The summed E-state index contributed by atoms with van der Waals surface area (Å²) in [6.45, 7) is 11.0. The van der Waals surface area contributed by atoms with Crippen molar-refractivity contribution in [1.29, 1.82) is 0 Å². The third-order valence-electron chi connectivity index (χ3n) is 7.86. The van der Waals surface area contributed by atoms with E-state index in [-0.39, 0.29) is 12.2 Å². The number of rotatable bonds is 11. The average Bonchev–Trinajstić information content (AvgIpc) is 3.02. The van der Waals surface area contributed by atoms with Gasteiger partial charge in [-0.1, -0.05) is 31.2 Å². The van der Waals surface area contributed by atoms with Crippen LogP contribution in [-0.2, 0) is 11.3 Å². The van der Waals surface area contributed by atoms with Gasteiger partial charge in [0.15, 0.2) is 0 Å². The zero-order chi connectivity index (χ0) is 34.8. The van der Waals surface area contributed by atoms with Gasteiger partial charge in [0.1, 0.15) is 5.60 Å². The highest BCUT2D eigenvalue weighted by Crippen LogP contribution is 2.24. The molecule has 1 heterocycles. The number of urea groups is 1. The van der Waals surface area contributed by atoms with Gasteiger partial charge in [0.05, 0.1) is 16.3 Å². The predicted octanol–water partition coefficient (Wildman–Crippen LogP) is 7.49. The number of benzene rings is 3. The highest BCUT2D eigenvalue weighted by atomic mass is 19.1. The lowest BCUT2D eigenvalue weighted by molar-refractivity contribution is -0.387. The quantitative estimate of drug-likeness (QED) is 0.142. The van der Waals surface area contributed by atoms with E-state index in [0.29, 0.717) is 35.8 Å². The number of nitrogens with one attached hydrogen (secondary N) is 3. The molecular weight excluding hydrogens is 619 g/mol. The Bertz CT molecular complexity index is 1600. The minimum atomic E-state index is -0.988. The molecule has 4 amide bonds. The lowest BCUT2D eigenvalue weighted by atomic mass is 9.99. The summed E-state index contributed by atoms with van der Waals surface area (Å²) < 4.78 is 19.2. The van der Waals surface area contributed by atoms with E-state index < -0.39 is 40.1 Å². The van der Waals surface area contributed by atoms with Crippen molar-refractivity contribution in [2.75, 3.05) is 42.1 Å². The van der Waals surface area contributed by atoms with Gasteiger partial charge in [-0.25, -0.2) is 9.59 Å². The first-order chi connectivity index (χ1) is 22.8. The van der Waals surface area contributed by atoms with Gasteiger partial charge >= 0.3 is 17.8 Å². The summed E-state index contributed by atoms with van der Waals surface area (Å²) in [4.78, 5) is 53.2. The van der Waals surface area contributed by atoms with Crippen molar-refractivity contribution in [3.05, 3.63) is 93.8 Å². The number of hydrogen-bond donors (Lipinski definition) is 3. The maximum atomic E-state index is 13.9. The molecule has 1 fully saturated rings. The molecule has 0 spiro atoms. The summed E-state index contributed by atoms with van der Waals surface area (Å²) in [5.74, 6) is -0.682. The van der Waals surface area contributed by atoms with Crippen molar-refractivity contribution in [1.82, 2.24) is 9.80 Å². The summed E-state index contributed by atoms with van der Waals surface area (Å²) in [7, 11) is 0. The fraction of sp³-hybridized carbons (Fsp3) is 0.400. The lowest BCUT2D eigenvalue weighted by Gasteiger charge is -2.31. The van der Waals surface area contributed by atoms with Crippen LogP contribution in [0.3, 0.4) is 0 Å². The minimum Gasteiger partial charge on any atom is -0.444 e. The second-order valence-electron chi connectivity index (χ2n) is 13.0. The van der Waals surface area contributed by atoms with Gasteiger partial charge in [-0.3, -0.25) is 20.2 Å². The Hall–Kier alpha value is -5.04. The van der Waals surface area contributed by atoms with Crippen molar-refractivity contribution in [2.45, 2.75) is 59.1 Å². The van der Waals surface area contributed by atoms with Crippen LogP contribution in [0, 0.1) is 21.8 Å². The van der Waals surface area contributed by atoms with E-state index in [2.05, 4.69) is 27.8 Å². The maximum Gasteiger partial charge on any atom is 0.412 e. The van der Waals surface area contributed by atoms with Crippen molar-refractivity contribution >= 4 is 40.8 Å². The number of halogens is 1. The summed E-state index contributed by atoms with van der Waals surface area (Å²) in [6, 6.07) is 16.3. The highest BCUT2D eigenvalue weighted by molar-refractivity contribution is 6.06.